The molecular formula is C26H21Cl3FN3OS. The van der Waals surface area contributed by atoms with Crippen molar-refractivity contribution >= 4 is 52.5 Å². The van der Waals surface area contributed by atoms with Crippen molar-refractivity contribution in [2.75, 3.05) is 0 Å². The lowest BCUT2D eigenvalue weighted by molar-refractivity contribution is 0.100. The molecule has 4 nitrogen and oxygen atoms in total. The van der Waals surface area contributed by atoms with Gasteiger partial charge < -0.3 is 5.73 Å². The summed E-state index contributed by atoms with van der Waals surface area (Å²) in [7, 11) is 0. The van der Waals surface area contributed by atoms with E-state index in [1.165, 1.54) is 23.9 Å². The van der Waals surface area contributed by atoms with Gasteiger partial charge in [-0.25, -0.2) is 9.37 Å². The van der Waals surface area contributed by atoms with Gasteiger partial charge in [0.25, 0.3) is 0 Å². The molecule has 35 heavy (non-hydrogen) atoms. The summed E-state index contributed by atoms with van der Waals surface area (Å²) in [5, 5.41) is 2.10. The number of carbonyl (C=O) groups is 1. The monoisotopic (exact) mass is 547 g/mol. The van der Waals surface area contributed by atoms with Crippen molar-refractivity contribution in [2.45, 2.75) is 30.2 Å². The van der Waals surface area contributed by atoms with Crippen molar-refractivity contribution in [2.24, 2.45) is 5.73 Å². The maximum atomic E-state index is 13.7. The summed E-state index contributed by atoms with van der Waals surface area (Å²) in [5.41, 5.74) is 8.63. The highest BCUT2D eigenvalue weighted by Crippen LogP contribution is 2.39. The van der Waals surface area contributed by atoms with E-state index in [-0.39, 0.29) is 5.82 Å². The van der Waals surface area contributed by atoms with E-state index in [9.17, 15) is 9.18 Å². The summed E-state index contributed by atoms with van der Waals surface area (Å²) >= 11 is 20.3. The SMILES string of the molecule is CC(C)(c1ccc(Cl)c(Cl)c1)c1cnc(SCc2ccc(C(N)=O)cc2Cl)n1-c1ccc(F)cc1. The molecule has 0 unspecified atom stereocenters. The smallest absolute Gasteiger partial charge is 0.248 e. The highest BCUT2D eigenvalue weighted by Gasteiger charge is 2.30. The van der Waals surface area contributed by atoms with Crippen LogP contribution < -0.4 is 5.73 Å². The van der Waals surface area contributed by atoms with E-state index in [4.69, 9.17) is 45.5 Å². The zero-order valence-electron chi connectivity index (χ0n) is 18.9. The number of aromatic nitrogens is 2. The van der Waals surface area contributed by atoms with Gasteiger partial charge in [-0.15, -0.1) is 0 Å². The topological polar surface area (TPSA) is 60.9 Å². The third-order valence-corrected chi connectivity index (χ3v) is 7.88. The van der Waals surface area contributed by atoms with E-state index in [1.807, 2.05) is 22.9 Å². The van der Waals surface area contributed by atoms with Crippen LogP contribution in [-0.4, -0.2) is 15.5 Å². The number of benzene rings is 3. The number of primary amides is 1. The van der Waals surface area contributed by atoms with Crippen molar-refractivity contribution in [3.8, 4) is 5.69 Å². The lowest BCUT2D eigenvalue weighted by Gasteiger charge is -2.28. The number of hydrogen-bond donors (Lipinski definition) is 1. The second-order valence-electron chi connectivity index (χ2n) is 8.45. The maximum absolute atomic E-state index is 13.7. The molecule has 9 heteroatoms. The van der Waals surface area contributed by atoms with Crippen LogP contribution in [0.4, 0.5) is 4.39 Å². The summed E-state index contributed by atoms with van der Waals surface area (Å²) in [6, 6.07) is 16.8. The van der Waals surface area contributed by atoms with Crippen LogP contribution in [0.2, 0.25) is 15.1 Å². The van der Waals surface area contributed by atoms with Gasteiger partial charge in [0.05, 0.1) is 21.9 Å². The zero-order valence-corrected chi connectivity index (χ0v) is 21.9. The summed E-state index contributed by atoms with van der Waals surface area (Å²) < 4.78 is 15.7. The number of nitrogens with zero attached hydrogens (tertiary/aromatic N) is 2. The second-order valence-corrected chi connectivity index (χ2v) is 10.6. The first-order chi connectivity index (χ1) is 16.6. The average molecular weight is 549 g/mol. The molecule has 180 valence electrons. The summed E-state index contributed by atoms with van der Waals surface area (Å²) in [4.78, 5) is 16.1. The van der Waals surface area contributed by atoms with Gasteiger partial charge in [0, 0.05) is 27.4 Å². The molecule has 1 aromatic heterocycles. The average Bonchev–Trinajstić information content (AvgIpc) is 3.25. The van der Waals surface area contributed by atoms with Crippen LogP contribution in [0.25, 0.3) is 5.69 Å². The number of halogens is 4. The minimum Gasteiger partial charge on any atom is -0.366 e. The molecule has 0 saturated heterocycles. The summed E-state index contributed by atoms with van der Waals surface area (Å²) in [6.45, 7) is 4.13. The Bertz CT molecular complexity index is 1400. The van der Waals surface area contributed by atoms with Gasteiger partial charge in [0.15, 0.2) is 5.16 Å². The van der Waals surface area contributed by atoms with Crippen LogP contribution in [0.15, 0.2) is 72.0 Å². The predicted octanol–water partition coefficient (Wildman–Crippen LogP) is 7.69. The third-order valence-electron chi connectivity index (χ3n) is 5.79. The first-order valence-electron chi connectivity index (χ1n) is 10.6. The third kappa shape index (κ3) is 5.36. The van der Waals surface area contributed by atoms with Crippen LogP contribution in [0, 0.1) is 5.82 Å². The predicted molar refractivity (Wildman–Crippen MR) is 142 cm³/mol. The fourth-order valence-corrected chi connectivity index (χ4v) is 5.33. The van der Waals surface area contributed by atoms with Crippen LogP contribution >= 0.6 is 46.6 Å². The number of nitrogens with two attached hydrogens (primary N) is 1. The van der Waals surface area contributed by atoms with Crippen LogP contribution in [0.1, 0.15) is 41.0 Å². The van der Waals surface area contributed by atoms with Crippen LogP contribution in [0.3, 0.4) is 0 Å². The van der Waals surface area contributed by atoms with E-state index in [0.717, 1.165) is 22.5 Å². The number of imidazole rings is 1. The van der Waals surface area contributed by atoms with Crippen molar-refractivity contribution in [1.82, 2.24) is 9.55 Å². The lowest BCUT2D eigenvalue weighted by Crippen LogP contribution is -2.23. The molecule has 0 fully saturated rings. The largest absolute Gasteiger partial charge is 0.366 e. The molecule has 0 spiro atoms. The Balaban J connectivity index is 1.75. The first-order valence-corrected chi connectivity index (χ1v) is 12.7. The molecule has 2 N–H and O–H groups in total. The van der Waals surface area contributed by atoms with Gasteiger partial charge in [-0.3, -0.25) is 9.36 Å². The normalized spacial score (nSPS) is 11.6. The number of carbonyl (C=O) groups excluding carboxylic acids is 1. The highest BCUT2D eigenvalue weighted by molar-refractivity contribution is 7.98. The van der Waals surface area contributed by atoms with E-state index >= 15 is 0 Å². The Morgan fingerprint density at radius 3 is 2.34 bits per heavy atom. The fraction of sp³-hybridized carbons (Fsp3) is 0.154. The van der Waals surface area contributed by atoms with E-state index < -0.39 is 11.3 Å². The molecule has 4 rings (SSSR count). The molecule has 0 saturated carbocycles. The van der Waals surface area contributed by atoms with Crippen molar-refractivity contribution < 1.29 is 9.18 Å². The molecule has 0 aliphatic rings. The second kappa shape index (κ2) is 10.2. The fourth-order valence-electron chi connectivity index (χ4n) is 3.71. The summed E-state index contributed by atoms with van der Waals surface area (Å²) in [6.07, 6.45) is 1.81. The Morgan fingerprint density at radius 1 is 1.00 bits per heavy atom. The Kier molecular flexibility index (Phi) is 7.48. The molecule has 3 aromatic carbocycles. The molecule has 1 heterocycles. The molecule has 4 aromatic rings. The molecule has 0 aliphatic heterocycles. The molecule has 1 amide bonds. The van der Waals surface area contributed by atoms with E-state index in [1.54, 1.807) is 36.4 Å². The first kappa shape index (κ1) is 25.6. The molecule has 0 atom stereocenters. The Hall–Kier alpha value is -2.51. The number of amides is 1. The number of thioether (sulfide) groups is 1. The highest BCUT2D eigenvalue weighted by atomic mass is 35.5. The van der Waals surface area contributed by atoms with Gasteiger partial charge in [0.2, 0.25) is 5.91 Å². The Morgan fingerprint density at radius 2 is 1.71 bits per heavy atom. The lowest BCUT2D eigenvalue weighted by atomic mass is 9.81. The molecule has 0 aliphatic carbocycles. The van der Waals surface area contributed by atoms with Gasteiger partial charge in [0.1, 0.15) is 5.82 Å². The summed E-state index contributed by atoms with van der Waals surface area (Å²) in [5.74, 6) is -0.357. The maximum Gasteiger partial charge on any atom is 0.248 e. The van der Waals surface area contributed by atoms with Gasteiger partial charge in [-0.2, -0.15) is 0 Å². The zero-order chi connectivity index (χ0) is 25.3. The molecule has 0 radical (unpaired) electrons. The quantitative estimate of drug-likeness (QED) is 0.241. The van der Waals surface area contributed by atoms with Crippen LogP contribution in [0.5, 0.6) is 0 Å². The van der Waals surface area contributed by atoms with Crippen molar-refractivity contribution in [3.63, 3.8) is 0 Å². The van der Waals surface area contributed by atoms with Gasteiger partial charge >= 0.3 is 0 Å². The van der Waals surface area contributed by atoms with E-state index in [2.05, 4.69) is 13.8 Å². The minimum atomic E-state index is -0.535. The van der Waals surface area contributed by atoms with Gasteiger partial charge in [-0.1, -0.05) is 72.5 Å². The molecular weight excluding hydrogens is 528 g/mol. The number of rotatable bonds is 7. The minimum absolute atomic E-state index is 0.324. The van der Waals surface area contributed by atoms with Crippen molar-refractivity contribution in [1.29, 1.82) is 0 Å². The van der Waals surface area contributed by atoms with E-state index in [0.29, 0.717) is 31.5 Å². The van der Waals surface area contributed by atoms with Crippen molar-refractivity contribution in [3.05, 3.63) is 110 Å². The molecule has 0 bridgehead atoms. The number of hydrogen-bond acceptors (Lipinski definition) is 3. The Labute approximate surface area is 222 Å². The standard InChI is InChI=1S/C26H21Cl3FN3OS/c1-26(2,17-5-10-20(27)22(29)12-17)23-13-32-25(33(23)19-8-6-18(30)7-9-19)35-14-16-4-3-15(24(31)34)11-21(16)28/h3-13H,14H2,1-2H3,(H2,31,34). The van der Waals surface area contributed by atoms with Crippen LogP contribution in [-0.2, 0) is 11.2 Å². The van der Waals surface area contributed by atoms with Gasteiger partial charge in [-0.05, 0) is 59.7 Å².